The van der Waals surface area contributed by atoms with Crippen LogP contribution in [0.2, 0.25) is 0 Å². The molecule has 0 N–H and O–H groups in total. The minimum atomic E-state index is -0.241. The highest BCUT2D eigenvalue weighted by molar-refractivity contribution is 5.80. The molecule has 1 aliphatic heterocycles. The molecule has 1 fully saturated rings. The topological polar surface area (TPSA) is 38.1 Å². The lowest BCUT2D eigenvalue weighted by Gasteiger charge is -2.44. The van der Waals surface area contributed by atoms with E-state index in [0.29, 0.717) is 6.54 Å². The van der Waals surface area contributed by atoms with Crippen LogP contribution in [0.3, 0.4) is 0 Å². The highest BCUT2D eigenvalue weighted by Crippen LogP contribution is 2.40. The molecule has 1 aliphatic rings. The fourth-order valence-electron chi connectivity index (χ4n) is 4.29. The standard InChI is InChI=1S/C23H25N3O/c1-19(26-16-14-24-18-26)22(27)25-15-8-13-23(17-25,20-9-4-2-5-10-20)21-11-6-3-7-12-21/h2-7,9-12,14,16,18-19H,8,13,15,17H2,1H3/t19-/m0/s1. The van der Waals surface area contributed by atoms with Gasteiger partial charge in [0.1, 0.15) is 6.04 Å². The van der Waals surface area contributed by atoms with E-state index in [9.17, 15) is 4.79 Å². The van der Waals surface area contributed by atoms with Crippen molar-refractivity contribution >= 4 is 5.91 Å². The fraction of sp³-hybridized carbons (Fsp3) is 0.304. The van der Waals surface area contributed by atoms with Crippen molar-refractivity contribution in [1.29, 1.82) is 0 Å². The molecule has 27 heavy (non-hydrogen) atoms. The molecule has 0 unspecified atom stereocenters. The maximum Gasteiger partial charge on any atom is 0.245 e. The molecule has 4 nitrogen and oxygen atoms in total. The number of hydrogen-bond donors (Lipinski definition) is 0. The number of piperidine rings is 1. The van der Waals surface area contributed by atoms with Crippen LogP contribution in [0.5, 0.6) is 0 Å². The van der Waals surface area contributed by atoms with Crippen LogP contribution in [0.4, 0.5) is 0 Å². The SMILES string of the molecule is C[C@@H](C(=O)N1CCCC(c2ccccc2)(c2ccccc2)C1)n1ccnc1. The fourth-order valence-corrected chi connectivity index (χ4v) is 4.29. The number of rotatable bonds is 4. The molecule has 4 rings (SSSR count). The quantitative estimate of drug-likeness (QED) is 0.705. The lowest BCUT2D eigenvalue weighted by atomic mass is 9.69. The largest absolute Gasteiger partial charge is 0.340 e. The molecule has 4 heteroatoms. The summed E-state index contributed by atoms with van der Waals surface area (Å²) >= 11 is 0. The van der Waals surface area contributed by atoms with E-state index in [0.717, 1.165) is 19.4 Å². The van der Waals surface area contributed by atoms with Crippen LogP contribution in [0.15, 0.2) is 79.4 Å². The molecule has 0 aliphatic carbocycles. The van der Waals surface area contributed by atoms with Crippen LogP contribution in [-0.4, -0.2) is 33.4 Å². The summed E-state index contributed by atoms with van der Waals surface area (Å²) in [7, 11) is 0. The van der Waals surface area contributed by atoms with Crippen molar-refractivity contribution in [1.82, 2.24) is 14.5 Å². The van der Waals surface area contributed by atoms with Gasteiger partial charge in [0.05, 0.1) is 6.33 Å². The van der Waals surface area contributed by atoms with E-state index in [1.807, 2.05) is 22.6 Å². The van der Waals surface area contributed by atoms with Crippen LogP contribution in [0, 0.1) is 0 Å². The van der Waals surface area contributed by atoms with Gasteiger partial charge in [-0.3, -0.25) is 4.79 Å². The van der Waals surface area contributed by atoms with Gasteiger partial charge in [-0.2, -0.15) is 0 Å². The predicted octanol–water partition coefficient (Wildman–Crippen LogP) is 4.05. The first-order valence-corrected chi connectivity index (χ1v) is 9.58. The Kier molecular flexibility index (Phi) is 4.80. The second-order valence-corrected chi connectivity index (χ2v) is 7.36. The Labute approximate surface area is 160 Å². The first kappa shape index (κ1) is 17.5. The number of nitrogens with zero attached hydrogens (tertiary/aromatic N) is 3. The van der Waals surface area contributed by atoms with E-state index < -0.39 is 0 Å². The molecule has 2 aromatic carbocycles. The van der Waals surface area contributed by atoms with Gasteiger partial charge in [0, 0.05) is 30.9 Å². The molecular formula is C23H25N3O. The molecule has 0 radical (unpaired) electrons. The third-order valence-corrected chi connectivity index (χ3v) is 5.79. The minimum absolute atomic E-state index is 0.156. The summed E-state index contributed by atoms with van der Waals surface area (Å²) in [5, 5.41) is 0. The zero-order valence-corrected chi connectivity index (χ0v) is 15.7. The molecule has 3 aromatic rings. The van der Waals surface area contributed by atoms with Gasteiger partial charge in [0.15, 0.2) is 0 Å². The number of carbonyl (C=O) groups excluding carboxylic acids is 1. The highest BCUT2D eigenvalue weighted by Gasteiger charge is 2.40. The van der Waals surface area contributed by atoms with Crippen molar-refractivity contribution in [3.63, 3.8) is 0 Å². The molecule has 1 aromatic heterocycles. The monoisotopic (exact) mass is 359 g/mol. The number of hydrogen-bond acceptors (Lipinski definition) is 2. The number of benzene rings is 2. The van der Waals surface area contributed by atoms with Crippen molar-refractivity contribution in [2.24, 2.45) is 0 Å². The number of likely N-dealkylation sites (tertiary alicyclic amines) is 1. The van der Waals surface area contributed by atoms with Gasteiger partial charge in [-0.05, 0) is 30.9 Å². The van der Waals surface area contributed by atoms with Gasteiger partial charge < -0.3 is 9.47 Å². The molecule has 0 bridgehead atoms. The van der Waals surface area contributed by atoms with E-state index in [4.69, 9.17) is 0 Å². The maximum atomic E-state index is 13.2. The second kappa shape index (κ2) is 7.39. The number of carbonyl (C=O) groups is 1. The maximum absolute atomic E-state index is 13.2. The van der Waals surface area contributed by atoms with E-state index in [1.54, 1.807) is 12.5 Å². The van der Waals surface area contributed by atoms with Gasteiger partial charge in [0.25, 0.3) is 0 Å². The minimum Gasteiger partial charge on any atom is -0.340 e. The average molecular weight is 359 g/mol. The van der Waals surface area contributed by atoms with Crippen molar-refractivity contribution in [3.05, 3.63) is 90.5 Å². The smallest absolute Gasteiger partial charge is 0.245 e. The Balaban J connectivity index is 1.69. The molecule has 0 saturated carbocycles. The van der Waals surface area contributed by atoms with Gasteiger partial charge in [-0.15, -0.1) is 0 Å². The molecule has 2 heterocycles. The summed E-state index contributed by atoms with van der Waals surface area (Å²) in [5.74, 6) is 0.156. The van der Waals surface area contributed by atoms with Crippen LogP contribution < -0.4 is 0 Å². The highest BCUT2D eigenvalue weighted by atomic mass is 16.2. The summed E-state index contributed by atoms with van der Waals surface area (Å²) in [4.78, 5) is 19.3. The third kappa shape index (κ3) is 3.27. The molecule has 1 atom stereocenters. The lowest BCUT2D eigenvalue weighted by molar-refractivity contribution is -0.136. The number of aromatic nitrogens is 2. The van der Waals surface area contributed by atoms with Gasteiger partial charge >= 0.3 is 0 Å². The average Bonchev–Trinajstić information content (AvgIpc) is 3.29. The van der Waals surface area contributed by atoms with Gasteiger partial charge in [-0.25, -0.2) is 4.98 Å². The summed E-state index contributed by atoms with van der Waals surface area (Å²) in [5.41, 5.74) is 2.40. The van der Waals surface area contributed by atoms with E-state index in [2.05, 4.69) is 65.6 Å². The van der Waals surface area contributed by atoms with Crippen LogP contribution >= 0.6 is 0 Å². The molecule has 1 saturated heterocycles. The number of imidazole rings is 1. The Morgan fingerprint density at radius 3 is 2.22 bits per heavy atom. The third-order valence-electron chi connectivity index (χ3n) is 5.79. The second-order valence-electron chi connectivity index (χ2n) is 7.36. The lowest BCUT2D eigenvalue weighted by Crippen LogP contribution is -2.50. The predicted molar refractivity (Wildman–Crippen MR) is 106 cm³/mol. The summed E-state index contributed by atoms with van der Waals surface area (Å²) < 4.78 is 1.88. The molecule has 1 amide bonds. The molecule has 138 valence electrons. The normalized spacial score (nSPS) is 17.4. The Bertz CT molecular complexity index is 835. The van der Waals surface area contributed by atoms with Crippen molar-refractivity contribution < 1.29 is 4.79 Å². The van der Waals surface area contributed by atoms with E-state index in [1.165, 1.54) is 11.1 Å². The summed E-state index contributed by atoms with van der Waals surface area (Å²) in [6, 6.07) is 21.0. The molecule has 0 spiro atoms. The van der Waals surface area contributed by atoms with Gasteiger partial charge in [0.2, 0.25) is 5.91 Å². The Morgan fingerprint density at radius 1 is 1.04 bits per heavy atom. The van der Waals surface area contributed by atoms with Crippen LogP contribution in [0.25, 0.3) is 0 Å². The van der Waals surface area contributed by atoms with E-state index >= 15 is 0 Å². The summed E-state index contributed by atoms with van der Waals surface area (Å²) in [6.45, 7) is 3.46. The van der Waals surface area contributed by atoms with Crippen molar-refractivity contribution in [2.75, 3.05) is 13.1 Å². The Hall–Kier alpha value is -2.88. The van der Waals surface area contributed by atoms with E-state index in [-0.39, 0.29) is 17.4 Å². The zero-order chi connectivity index (χ0) is 18.7. The zero-order valence-electron chi connectivity index (χ0n) is 15.7. The summed E-state index contributed by atoms with van der Waals surface area (Å²) in [6.07, 6.45) is 7.33. The van der Waals surface area contributed by atoms with Crippen molar-refractivity contribution in [2.45, 2.75) is 31.2 Å². The van der Waals surface area contributed by atoms with Crippen LogP contribution in [0.1, 0.15) is 36.9 Å². The Morgan fingerprint density at radius 2 is 1.67 bits per heavy atom. The first-order valence-electron chi connectivity index (χ1n) is 9.58. The number of amides is 1. The van der Waals surface area contributed by atoms with Gasteiger partial charge in [-0.1, -0.05) is 60.7 Å². The van der Waals surface area contributed by atoms with Crippen LogP contribution in [-0.2, 0) is 10.2 Å². The first-order chi connectivity index (χ1) is 13.2. The van der Waals surface area contributed by atoms with Crippen molar-refractivity contribution in [3.8, 4) is 0 Å². The molecular weight excluding hydrogens is 334 g/mol.